The number of ether oxygens (including phenoxy) is 1. The standard InChI is InChI=1S/C15H17N3O6/c1-15(8-24-2,14(20)21)17-13(19)5-9-7-16-12-4-3-10(18(22)23)6-11(9)12/h3-4,6-7,16H,5,8H2,1-2H3,(H,17,19)(H,20,21). The summed E-state index contributed by atoms with van der Waals surface area (Å²) in [6, 6.07) is 4.30. The minimum absolute atomic E-state index is 0.0847. The van der Waals surface area contributed by atoms with Gasteiger partial charge in [0.15, 0.2) is 5.54 Å². The van der Waals surface area contributed by atoms with Crippen LogP contribution in [0.2, 0.25) is 0 Å². The van der Waals surface area contributed by atoms with Crippen LogP contribution < -0.4 is 5.32 Å². The summed E-state index contributed by atoms with van der Waals surface area (Å²) in [5.74, 6) is -1.74. The topological polar surface area (TPSA) is 135 Å². The van der Waals surface area contributed by atoms with E-state index in [0.29, 0.717) is 16.5 Å². The van der Waals surface area contributed by atoms with Crippen molar-refractivity contribution in [3.05, 3.63) is 40.1 Å². The van der Waals surface area contributed by atoms with Crippen LogP contribution in [0, 0.1) is 10.1 Å². The molecule has 3 N–H and O–H groups in total. The summed E-state index contributed by atoms with van der Waals surface area (Å²) in [4.78, 5) is 36.8. The van der Waals surface area contributed by atoms with Crippen molar-refractivity contribution >= 4 is 28.5 Å². The van der Waals surface area contributed by atoms with Crippen molar-refractivity contribution in [2.24, 2.45) is 0 Å². The zero-order chi connectivity index (χ0) is 17.9. The quantitative estimate of drug-likeness (QED) is 0.514. The molecule has 0 radical (unpaired) electrons. The Hall–Kier alpha value is -2.94. The summed E-state index contributed by atoms with van der Waals surface area (Å²) in [7, 11) is 1.34. The number of rotatable bonds is 7. The van der Waals surface area contributed by atoms with E-state index in [1.165, 1.54) is 26.2 Å². The van der Waals surface area contributed by atoms with Gasteiger partial charge in [0, 0.05) is 36.3 Å². The lowest BCUT2D eigenvalue weighted by Crippen LogP contribution is -2.55. The highest BCUT2D eigenvalue weighted by Gasteiger charge is 2.35. The van der Waals surface area contributed by atoms with Gasteiger partial charge >= 0.3 is 5.97 Å². The largest absolute Gasteiger partial charge is 0.479 e. The third-order valence-electron chi connectivity index (χ3n) is 3.63. The number of hydrogen-bond acceptors (Lipinski definition) is 5. The number of hydrogen-bond donors (Lipinski definition) is 3. The zero-order valence-corrected chi connectivity index (χ0v) is 13.2. The minimum Gasteiger partial charge on any atom is -0.479 e. The molecule has 0 spiro atoms. The molecule has 1 unspecified atom stereocenters. The monoisotopic (exact) mass is 335 g/mol. The first-order valence-corrected chi connectivity index (χ1v) is 7.04. The van der Waals surface area contributed by atoms with Crippen LogP contribution in [0.15, 0.2) is 24.4 Å². The van der Waals surface area contributed by atoms with Crippen molar-refractivity contribution in [2.45, 2.75) is 18.9 Å². The van der Waals surface area contributed by atoms with Gasteiger partial charge in [-0.1, -0.05) is 0 Å². The van der Waals surface area contributed by atoms with E-state index in [4.69, 9.17) is 4.74 Å². The summed E-state index contributed by atoms with van der Waals surface area (Å²) in [6.45, 7) is 1.16. The third kappa shape index (κ3) is 3.51. The first-order chi connectivity index (χ1) is 11.3. The molecule has 2 aromatic rings. The average Bonchev–Trinajstić information content (AvgIpc) is 2.89. The van der Waals surface area contributed by atoms with E-state index in [-0.39, 0.29) is 18.7 Å². The van der Waals surface area contributed by atoms with Gasteiger partial charge in [-0.25, -0.2) is 4.79 Å². The highest BCUT2D eigenvalue weighted by Crippen LogP contribution is 2.24. The van der Waals surface area contributed by atoms with Gasteiger partial charge in [-0.2, -0.15) is 0 Å². The molecule has 0 aliphatic heterocycles. The van der Waals surface area contributed by atoms with Crippen LogP contribution in [-0.2, 0) is 20.7 Å². The predicted molar refractivity (Wildman–Crippen MR) is 84.7 cm³/mol. The molecular weight excluding hydrogens is 318 g/mol. The lowest BCUT2D eigenvalue weighted by Gasteiger charge is -2.25. The molecule has 0 fully saturated rings. The number of amides is 1. The average molecular weight is 335 g/mol. The number of fused-ring (bicyclic) bond motifs is 1. The summed E-state index contributed by atoms with van der Waals surface area (Å²) in [5.41, 5.74) is -0.444. The van der Waals surface area contributed by atoms with E-state index in [1.54, 1.807) is 12.3 Å². The Bertz CT molecular complexity index is 800. The number of carbonyl (C=O) groups is 2. The van der Waals surface area contributed by atoms with Crippen molar-refractivity contribution < 1.29 is 24.4 Å². The molecule has 128 valence electrons. The van der Waals surface area contributed by atoms with Crippen molar-refractivity contribution in [1.29, 1.82) is 0 Å². The van der Waals surface area contributed by atoms with Crippen LogP contribution >= 0.6 is 0 Å². The Morgan fingerprint density at radius 1 is 1.46 bits per heavy atom. The zero-order valence-electron chi connectivity index (χ0n) is 13.2. The number of aromatic nitrogens is 1. The summed E-state index contributed by atoms with van der Waals surface area (Å²) in [5, 5.41) is 23.1. The molecule has 2 rings (SSSR count). The van der Waals surface area contributed by atoms with E-state index in [1.807, 2.05) is 0 Å². The first kappa shape index (κ1) is 17.4. The third-order valence-corrected chi connectivity index (χ3v) is 3.63. The van der Waals surface area contributed by atoms with E-state index in [0.717, 1.165) is 0 Å². The molecule has 1 aromatic carbocycles. The fourth-order valence-corrected chi connectivity index (χ4v) is 2.39. The SMILES string of the molecule is COCC(C)(NC(=O)Cc1c[nH]c2ccc([N+](=O)[O-])cc12)C(=O)O. The van der Waals surface area contributed by atoms with Gasteiger partial charge in [0.25, 0.3) is 5.69 Å². The van der Waals surface area contributed by atoms with Crippen molar-refractivity contribution in [3.8, 4) is 0 Å². The van der Waals surface area contributed by atoms with Crippen LogP contribution in [0.5, 0.6) is 0 Å². The summed E-state index contributed by atoms with van der Waals surface area (Å²) >= 11 is 0. The summed E-state index contributed by atoms with van der Waals surface area (Å²) < 4.78 is 4.84. The van der Waals surface area contributed by atoms with Gasteiger partial charge in [0.1, 0.15) is 0 Å². The van der Waals surface area contributed by atoms with E-state index >= 15 is 0 Å². The Morgan fingerprint density at radius 2 is 2.17 bits per heavy atom. The number of aliphatic carboxylic acids is 1. The van der Waals surface area contributed by atoms with Gasteiger partial charge in [-0.05, 0) is 18.6 Å². The molecule has 9 nitrogen and oxygen atoms in total. The molecule has 1 heterocycles. The van der Waals surface area contributed by atoms with Gasteiger partial charge < -0.3 is 20.1 Å². The van der Waals surface area contributed by atoms with Crippen LogP contribution in [0.25, 0.3) is 10.9 Å². The van der Waals surface area contributed by atoms with Crippen molar-refractivity contribution in [3.63, 3.8) is 0 Å². The molecule has 24 heavy (non-hydrogen) atoms. The molecule has 0 saturated carbocycles. The second-order valence-electron chi connectivity index (χ2n) is 5.60. The van der Waals surface area contributed by atoms with Gasteiger partial charge in [-0.3, -0.25) is 14.9 Å². The number of benzene rings is 1. The number of nitrogens with zero attached hydrogens (tertiary/aromatic N) is 1. The Balaban J connectivity index is 2.22. The number of nitro benzene ring substituents is 1. The smallest absolute Gasteiger partial charge is 0.331 e. The number of nitro groups is 1. The number of carboxylic acid groups (broad SMARTS) is 1. The normalized spacial score (nSPS) is 13.4. The molecule has 9 heteroatoms. The highest BCUT2D eigenvalue weighted by atomic mass is 16.6. The molecule has 1 aromatic heterocycles. The second-order valence-corrected chi connectivity index (χ2v) is 5.60. The number of H-pyrrole nitrogens is 1. The number of non-ortho nitro benzene ring substituents is 1. The molecule has 0 saturated heterocycles. The Labute approximate surface area is 136 Å². The van der Waals surface area contributed by atoms with Gasteiger partial charge in [0.05, 0.1) is 18.0 Å². The Kier molecular flexibility index (Phi) is 4.84. The minimum atomic E-state index is -1.55. The number of methoxy groups -OCH3 is 1. The van der Waals surface area contributed by atoms with Crippen LogP contribution in [0.4, 0.5) is 5.69 Å². The number of carboxylic acids is 1. The van der Waals surface area contributed by atoms with E-state index < -0.39 is 22.3 Å². The van der Waals surface area contributed by atoms with E-state index in [9.17, 15) is 24.8 Å². The molecule has 0 aliphatic rings. The van der Waals surface area contributed by atoms with Crippen molar-refractivity contribution in [1.82, 2.24) is 10.3 Å². The molecule has 1 atom stereocenters. The van der Waals surface area contributed by atoms with Crippen LogP contribution in [0.3, 0.4) is 0 Å². The predicted octanol–water partition coefficient (Wildman–Crippen LogP) is 1.22. The number of carbonyl (C=O) groups excluding carboxylic acids is 1. The number of nitrogens with one attached hydrogen (secondary N) is 2. The lowest BCUT2D eigenvalue weighted by atomic mass is 10.0. The molecule has 1 amide bonds. The van der Waals surface area contributed by atoms with Crippen LogP contribution in [0.1, 0.15) is 12.5 Å². The summed E-state index contributed by atoms with van der Waals surface area (Å²) in [6.07, 6.45) is 1.45. The maximum absolute atomic E-state index is 12.2. The fraction of sp³-hybridized carbons (Fsp3) is 0.333. The fourth-order valence-electron chi connectivity index (χ4n) is 2.39. The van der Waals surface area contributed by atoms with Crippen LogP contribution in [-0.4, -0.2) is 46.1 Å². The van der Waals surface area contributed by atoms with Crippen molar-refractivity contribution in [2.75, 3.05) is 13.7 Å². The van der Waals surface area contributed by atoms with E-state index in [2.05, 4.69) is 10.3 Å². The highest BCUT2D eigenvalue weighted by molar-refractivity contribution is 5.92. The Morgan fingerprint density at radius 3 is 2.75 bits per heavy atom. The van der Waals surface area contributed by atoms with Gasteiger partial charge in [-0.15, -0.1) is 0 Å². The molecular formula is C15H17N3O6. The number of aromatic amines is 1. The maximum atomic E-state index is 12.2. The first-order valence-electron chi connectivity index (χ1n) is 7.04. The molecule has 0 aliphatic carbocycles. The molecule has 0 bridgehead atoms. The van der Waals surface area contributed by atoms with Gasteiger partial charge in [0.2, 0.25) is 5.91 Å². The second kappa shape index (κ2) is 6.67. The lowest BCUT2D eigenvalue weighted by molar-refractivity contribution is -0.384. The maximum Gasteiger partial charge on any atom is 0.331 e.